The second-order valence-corrected chi connectivity index (χ2v) is 27.7. The molecule has 99 heavy (non-hydrogen) atoms. The molecule has 0 amide bonds. The molecule has 0 saturated heterocycles. The van der Waals surface area contributed by atoms with E-state index in [0.717, 1.165) is 128 Å². The molecule has 5 aromatic heterocycles. The minimum absolute atomic E-state index is 0.558. The molecular weight excluding hydrogens is 1200 g/mol. The van der Waals surface area contributed by atoms with Gasteiger partial charge in [-0.25, -0.2) is 0 Å². The van der Waals surface area contributed by atoms with Gasteiger partial charge in [-0.15, -0.1) is 0 Å². The summed E-state index contributed by atoms with van der Waals surface area (Å²) < 4.78 is 9.58. The number of nitriles is 1. The lowest BCUT2D eigenvalue weighted by Gasteiger charge is -2.26. The largest absolute Gasteiger partial charge is 0.309 e. The third-order valence-electron chi connectivity index (χ3n) is 20.7. The first-order valence-electron chi connectivity index (χ1n) is 34.3. The Morgan fingerprint density at radius 2 is 0.465 bits per heavy atom. The van der Waals surface area contributed by atoms with Crippen molar-refractivity contribution in [2.75, 3.05) is 0 Å². The maximum Gasteiger partial charge on any atom is 0.100 e. The van der Waals surface area contributed by atoms with Gasteiger partial charge in [0.1, 0.15) is 6.07 Å². The minimum atomic E-state index is 0.558. The van der Waals surface area contributed by atoms with Gasteiger partial charge in [-0.2, -0.15) is 5.26 Å². The molecule has 0 aliphatic rings. The van der Waals surface area contributed by atoms with Crippen molar-refractivity contribution in [3.63, 3.8) is 0 Å². The summed E-state index contributed by atoms with van der Waals surface area (Å²) in [6, 6.07) is 99.7. The van der Waals surface area contributed by atoms with E-state index in [1.165, 1.54) is 87.6 Å². The van der Waals surface area contributed by atoms with Gasteiger partial charge in [-0.3, -0.25) is 4.98 Å². The van der Waals surface area contributed by atoms with E-state index in [2.05, 4.69) is 348 Å². The number of rotatable bonds is 9. The highest BCUT2D eigenvalue weighted by Crippen LogP contribution is 2.54. The van der Waals surface area contributed by atoms with Crippen LogP contribution in [-0.2, 0) is 0 Å². The minimum Gasteiger partial charge on any atom is -0.309 e. The van der Waals surface area contributed by atoms with E-state index in [-0.39, 0.29) is 0 Å². The van der Waals surface area contributed by atoms with Crippen LogP contribution < -0.4 is 0 Å². The van der Waals surface area contributed by atoms with Crippen molar-refractivity contribution in [2.45, 2.75) is 62.3 Å². The van der Waals surface area contributed by atoms with Crippen molar-refractivity contribution < 1.29 is 0 Å². The van der Waals surface area contributed by atoms with Crippen molar-refractivity contribution in [1.82, 2.24) is 23.3 Å². The molecule has 6 nitrogen and oxygen atoms in total. The molecular formula is C93H70N6. The molecule has 13 aromatic carbocycles. The van der Waals surface area contributed by atoms with E-state index in [1.807, 2.05) is 0 Å². The normalized spacial score (nSPS) is 11.9. The molecule has 0 bridgehead atoms. The van der Waals surface area contributed by atoms with E-state index in [0.29, 0.717) is 5.56 Å². The Balaban J connectivity index is 0.940. The summed E-state index contributed by atoms with van der Waals surface area (Å²) in [6.45, 7) is 19.4. The van der Waals surface area contributed by atoms with Crippen molar-refractivity contribution in [1.29, 1.82) is 5.26 Å². The average Bonchev–Trinajstić information content (AvgIpc) is 1.62. The SMILES string of the molecule is Cc1ccc2c(c1)c1cc(C)ccc1n2-c1ccc(-c2c(C#N)c(-c3ccc(-n4c5ccc(C)cc5c5cc(C)ccc54)cc3)c(-c3cccc(C)n3)c(-c3ccc(-n4c5ccc(C)cc5c5cc(C)ccc54)cc3)c2-c2ccc(-n3c4ccc(C)cc4c4cc(C)ccc43)cc2)cc1. The van der Waals surface area contributed by atoms with Crippen LogP contribution in [0.1, 0.15) is 55.8 Å². The van der Waals surface area contributed by atoms with Gasteiger partial charge >= 0.3 is 0 Å². The number of fused-ring (bicyclic) bond motifs is 12. The maximum absolute atomic E-state index is 12.6. The molecule has 0 unspecified atom stereocenters. The lowest BCUT2D eigenvalue weighted by atomic mass is 9.76. The van der Waals surface area contributed by atoms with Crippen molar-refractivity contribution >= 4 is 87.2 Å². The lowest BCUT2D eigenvalue weighted by Crippen LogP contribution is -2.04. The van der Waals surface area contributed by atoms with Gasteiger partial charge in [0.25, 0.3) is 0 Å². The quantitative estimate of drug-likeness (QED) is 0.145. The molecule has 0 spiro atoms. The molecule has 0 fully saturated rings. The van der Waals surface area contributed by atoms with Crippen molar-refractivity contribution in [3.05, 3.63) is 317 Å². The Morgan fingerprint density at radius 1 is 0.242 bits per heavy atom. The molecule has 0 aliphatic carbocycles. The van der Waals surface area contributed by atoms with Gasteiger partial charge in [0.05, 0.1) is 55.4 Å². The number of pyridine rings is 1. The highest BCUT2D eigenvalue weighted by Gasteiger charge is 2.31. The van der Waals surface area contributed by atoms with Gasteiger partial charge in [-0.1, -0.05) is 148 Å². The zero-order chi connectivity index (χ0) is 67.2. The highest BCUT2D eigenvalue weighted by atomic mass is 15.0. The van der Waals surface area contributed by atoms with E-state index < -0.39 is 0 Å². The van der Waals surface area contributed by atoms with Gasteiger partial charge in [0.2, 0.25) is 0 Å². The second-order valence-electron chi connectivity index (χ2n) is 27.7. The summed E-state index contributed by atoms with van der Waals surface area (Å²) in [5.41, 5.74) is 33.5. The zero-order valence-electron chi connectivity index (χ0n) is 57.0. The Morgan fingerprint density at radius 3 is 0.697 bits per heavy atom. The summed E-state index contributed by atoms with van der Waals surface area (Å²) in [7, 11) is 0. The number of hydrogen-bond donors (Lipinski definition) is 0. The van der Waals surface area contributed by atoms with Crippen LogP contribution in [0.25, 0.3) is 166 Å². The number of aromatic nitrogens is 5. The second kappa shape index (κ2) is 22.7. The van der Waals surface area contributed by atoms with E-state index in [9.17, 15) is 5.26 Å². The molecule has 472 valence electrons. The van der Waals surface area contributed by atoms with Crippen molar-refractivity contribution in [2.24, 2.45) is 0 Å². The lowest BCUT2D eigenvalue weighted by molar-refractivity contribution is 1.18. The standard InChI is InChI=1S/C93H70N6/c1-54-13-37-81-71(45-54)72-46-55(2)14-38-82(72)96(81)67-29-21-63(22-30-67)89-79(53-94)90(64-23-31-68(32-24-64)97-83-39-15-56(3)47-73(83)74-48-57(4)16-40-84(74)97)93(80-12-10-11-62(9)95-80)92(66-27-35-70(36-28-66)99-87-43-19-60(7)51-77(87)78-52-61(8)20-44-88(78)99)91(89)65-25-33-69(34-26-65)98-85-41-17-58(5)49-75(85)76-50-59(6)18-42-86(76)98/h10-52H,1-9H3. The number of hydrogen-bond acceptors (Lipinski definition) is 2. The Hall–Kier alpha value is -12.3. The Bertz CT molecular complexity index is 6240. The predicted octanol–water partition coefficient (Wildman–Crippen LogP) is 24.5. The summed E-state index contributed by atoms with van der Waals surface area (Å²) >= 11 is 0. The molecule has 18 aromatic rings. The number of aryl methyl sites for hydroxylation is 9. The van der Waals surface area contributed by atoms with Crippen LogP contribution in [0.2, 0.25) is 0 Å². The first-order valence-corrected chi connectivity index (χ1v) is 34.3. The first-order chi connectivity index (χ1) is 48.2. The fourth-order valence-corrected chi connectivity index (χ4v) is 16.2. The van der Waals surface area contributed by atoms with Crippen LogP contribution in [0.4, 0.5) is 0 Å². The fraction of sp³-hybridized carbons (Fsp3) is 0.0968. The van der Waals surface area contributed by atoms with Crippen LogP contribution in [0, 0.1) is 73.6 Å². The molecule has 0 radical (unpaired) electrons. The molecule has 0 atom stereocenters. The smallest absolute Gasteiger partial charge is 0.100 e. The maximum atomic E-state index is 12.6. The van der Waals surface area contributed by atoms with Crippen LogP contribution in [-0.4, -0.2) is 23.3 Å². The fourth-order valence-electron chi connectivity index (χ4n) is 16.2. The Labute approximate surface area is 575 Å². The predicted molar refractivity (Wildman–Crippen MR) is 416 cm³/mol. The molecule has 5 heterocycles. The monoisotopic (exact) mass is 1270 g/mol. The van der Waals surface area contributed by atoms with Crippen LogP contribution in [0.15, 0.2) is 261 Å². The van der Waals surface area contributed by atoms with Crippen LogP contribution in [0.3, 0.4) is 0 Å². The highest BCUT2D eigenvalue weighted by molar-refractivity contribution is 6.15. The average molecular weight is 1270 g/mol. The summed E-state index contributed by atoms with van der Waals surface area (Å²) in [5, 5.41) is 22.4. The first kappa shape index (κ1) is 59.2. The molecule has 0 saturated carbocycles. The molecule has 0 N–H and O–H groups in total. The summed E-state index contributed by atoms with van der Waals surface area (Å²) in [4.78, 5) is 5.50. The molecule has 18 rings (SSSR count). The van der Waals surface area contributed by atoms with Crippen LogP contribution in [0.5, 0.6) is 0 Å². The molecule has 6 heteroatoms. The zero-order valence-corrected chi connectivity index (χ0v) is 57.0. The van der Waals surface area contributed by atoms with Gasteiger partial charge in [0, 0.05) is 93.8 Å². The molecule has 0 aliphatic heterocycles. The summed E-state index contributed by atoms with van der Waals surface area (Å²) in [6.07, 6.45) is 0. The van der Waals surface area contributed by atoms with E-state index in [4.69, 9.17) is 4.98 Å². The van der Waals surface area contributed by atoms with Crippen LogP contribution >= 0.6 is 0 Å². The topological polar surface area (TPSA) is 56.4 Å². The third kappa shape index (κ3) is 9.48. The van der Waals surface area contributed by atoms with Gasteiger partial charge in [0.15, 0.2) is 0 Å². The van der Waals surface area contributed by atoms with Crippen molar-refractivity contribution in [3.8, 4) is 84.6 Å². The van der Waals surface area contributed by atoms with E-state index in [1.54, 1.807) is 0 Å². The number of benzene rings is 13. The van der Waals surface area contributed by atoms with Gasteiger partial charge < -0.3 is 18.3 Å². The Kier molecular flexibility index (Phi) is 13.6. The van der Waals surface area contributed by atoms with Gasteiger partial charge in [-0.05, 0) is 248 Å². The van der Waals surface area contributed by atoms with E-state index >= 15 is 0 Å². The summed E-state index contributed by atoms with van der Waals surface area (Å²) in [5.74, 6) is 0. The third-order valence-corrected chi connectivity index (χ3v) is 20.7. The number of nitrogens with zero attached hydrogens (tertiary/aromatic N) is 6.